The highest BCUT2D eigenvalue weighted by atomic mass is 32.2. The Morgan fingerprint density at radius 2 is 0.758 bits per heavy atom. The highest BCUT2D eigenvalue weighted by Gasteiger charge is 2.44. The number of likely N-dealkylation sites (tertiary alicyclic amines) is 4. The van der Waals surface area contributed by atoms with Crippen molar-refractivity contribution in [3.63, 3.8) is 0 Å². The van der Waals surface area contributed by atoms with Gasteiger partial charge in [0.2, 0.25) is 0 Å². The molecule has 7 saturated heterocycles. The van der Waals surface area contributed by atoms with Gasteiger partial charge in [-0.15, -0.1) is 0 Å². The molecule has 0 unspecified atom stereocenters. The minimum atomic E-state index is -3.39. The molecule has 10 aliphatic rings. The first-order valence-electron chi connectivity index (χ1n) is 34.1. The molecule has 502 valence electrons. The summed E-state index contributed by atoms with van der Waals surface area (Å²) in [5.74, 6) is 0.215. The van der Waals surface area contributed by atoms with Crippen molar-refractivity contribution in [3.05, 3.63) is 144 Å². The highest BCUT2D eigenvalue weighted by molar-refractivity contribution is 7.86. The van der Waals surface area contributed by atoms with Crippen LogP contribution in [0.25, 0.3) is 0 Å². The van der Waals surface area contributed by atoms with E-state index in [4.69, 9.17) is 42.1 Å². The average molecular weight is 1280 g/mol. The summed E-state index contributed by atoms with van der Waals surface area (Å²) in [6.45, 7) is 24.2. The maximum Gasteiger partial charge on any atom is 0.264 e. The van der Waals surface area contributed by atoms with Crippen molar-refractivity contribution < 1.29 is 60.1 Å². The van der Waals surface area contributed by atoms with Gasteiger partial charge in [0.25, 0.3) is 10.1 Å². The first-order valence-corrected chi connectivity index (χ1v) is 35.9. The van der Waals surface area contributed by atoms with Gasteiger partial charge in [-0.1, -0.05) is 121 Å². The van der Waals surface area contributed by atoms with Crippen LogP contribution in [-0.4, -0.2) is 218 Å². The first kappa shape index (κ1) is 70.9. The normalized spacial score (nSPS) is 22.7. The number of Topliss-reactive ketones (excluding diaryl/α,β-unsaturated/α-hetero) is 2. The number of hydrogen-bond donors (Lipinski definition) is 1. The molecule has 7 heterocycles. The van der Waals surface area contributed by atoms with E-state index in [1.165, 1.54) is 35.1 Å². The van der Waals surface area contributed by atoms with Crippen LogP contribution in [0.3, 0.4) is 0 Å². The maximum absolute atomic E-state index is 11.2. The summed E-state index contributed by atoms with van der Waals surface area (Å²) in [5.41, 5.74) is 5.11. The van der Waals surface area contributed by atoms with Crippen LogP contribution in [0, 0.1) is 0 Å². The van der Waals surface area contributed by atoms with Crippen LogP contribution < -0.4 is 5.32 Å². The molecule has 10 fully saturated rings. The van der Waals surface area contributed by atoms with Crippen molar-refractivity contribution in [2.24, 2.45) is 0 Å². The van der Waals surface area contributed by atoms with E-state index >= 15 is 0 Å². The summed E-state index contributed by atoms with van der Waals surface area (Å²) in [4.78, 5) is 31.7. The summed E-state index contributed by atoms with van der Waals surface area (Å²) in [6.07, 6.45) is 13.7. The SMILES string of the molecule is CCOC1CN(C(c2ccccc2)c2ccccc2)C1.CCOC1CN(C2CCC(=O)CC2)C1.CCOC1CN(C2CCC3(CC2)OCCO3)C1.CCOC1CNC1.CS(=O)(=O)OC1CN(C(c2ccccc2)c2ccccc2)C1.O=C1CCC2(CC1)OCCO2. The Morgan fingerprint density at radius 1 is 0.440 bits per heavy atom. The minimum Gasteiger partial charge on any atom is -0.376 e. The smallest absolute Gasteiger partial charge is 0.264 e. The molecule has 3 aliphatic carbocycles. The second kappa shape index (κ2) is 35.9. The number of carbonyl (C=O) groups is 2. The van der Waals surface area contributed by atoms with E-state index in [2.05, 4.69) is 124 Å². The largest absolute Gasteiger partial charge is 0.376 e. The van der Waals surface area contributed by atoms with Crippen molar-refractivity contribution in [2.45, 2.75) is 171 Å². The van der Waals surface area contributed by atoms with Crippen LogP contribution in [0.2, 0.25) is 0 Å². The number of hydrogen-bond acceptors (Lipinski definition) is 18. The Balaban J connectivity index is 0.000000133. The van der Waals surface area contributed by atoms with E-state index in [9.17, 15) is 18.0 Å². The lowest BCUT2D eigenvalue weighted by Crippen LogP contribution is -2.58. The predicted octanol–water partition coefficient (Wildman–Crippen LogP) is 9.41. The Bertz CT molecular complexity index is 2720. The van der Waals surface area contributed by atoms with Gasteiger partial charge in [0.15, 0.2) is 11.6 Å². The molecule has 0 amide bonds. The average Bonchev–Trinajstić information content (AvgIpc) is 0.978. The molecule has 4 aromatic rings. The van der Waals surface area contributed by atoms with Gasteiger partial charge in [-0.05, 0) is 75.6 Å². The number of carbonyl (C=O) groups excluding carboxylic acids is 2. The van der Waals surface area contributed by atoms with Gasteiger partial charge in [-0.2, -0.15) is 8.42 Å². The van der Waals surface area contributed by atoms with Gasteiger partial charge in [0.05, 0.1) is 69.2 Å². The van der Waals surface area contributed by atoms with E-state index in [1.807, 2.05) is 50.2 Å². The molecule has 4 aromatic carbocycles. The number of ketones is 2. The van der Waals surface area contributed by atoms with Crippen LogP contribution in [0.4, 0.5) is 0 Å². The third-order valence-electron chi connectivity index (χ3n) is 18.8. The first-order chi connectivity index (χ1) is 44.3. The zero-order valence-corrected chi connectivity index (χ0v) is 55.8. The molecular weight excluding hydrogens is 1170 g/mol. The van der Waals surface area contributed by atoms with Crippen molar-refractivity contribution in [1.29, 1.82) is 0 Å². The summed E-state index contributed by atoms with van der Waals surface area (Å²) >= 11 is 0. The lowest BCUT2D eigenvalue weighted by atomic mass is 9.87. The molecule has 0 bridgehead atoms. The molecule has 91 heavy (non-hydrogen) atoms. The molecule has 0 aromatic heterocycles. The van der Waals surface area contributed by atoms with E-state index in [-0.39, 0.29) is 23.7 Å². The fourth-order valence-electron chi connectivity index (χ4n) is 13.8. The molecule has 3 saturated carbocycles. The predicted molar refractivity (Wildman–Crippen MR) is 352 cm³/mol. The third kappa shape index (κ3) is 21.6. The van der Waals surface area contributed by atoms with E-state index < -0.39 is 10.1 Å². The summed E-state index contributed by atoms with van der Waals surface area (Å²) < 4.78 is 71.9. The van der Waals surface area contributed by atoms with E-state index in [0.29, 0.717) is 87.2 Å². The van der Waals surface area contributed by atoms with Gasteiger partial charge in [0.1, 0.15) is 17.7 Å². The minimum absolute atomic E-state index is 0.127. The van der Waals surface area contributed by atoms with Crippen LogP contribution in [0.15, 0.2) is 121 Å². The van der Waals surface area contributed by atoms with Gasteiger partial charge in [-0.3, -0.25) is 33.4 Å². The topological polar surface area (TPSA) is 176 Å². The molecule has 18 nitrogen and oxygen atoms in total. The number of ether oxygens (including phenoxy) is 8. The zero-order valence-electron chi connectivity index (χ0n) is 55.0. The quantitative estimate of drug-likeness (QED) is 0.0932. The molecule has 7 aliphatic heterocycles. The van der Waals surface area contributed by atoms with Gasteiger partial charge >= 0.3 is 0 Å². The molecule has 1 N–H and O–H groups in total. The highest BCUT2D eigenvalue weighted by Crippen LogP contribution is 2.40. The van der Waals surface area contributed by atoms with Crippen LogP contribution in [0.5, 0.6) is 0 Å². The van der Waals surface area contributed by atoms with Crippen LogP contribution in [-0.2, 0) is 61.8 Å². The maximum atomic E-state index is 11.2. The van der Waals surface area contributed by atoms with Crippen LogP contribution >= 0.6 is 0 Å². The Kier molecular flexibility index (Phi) is 28.0. The lowest BCUT2D eigenvalue weighted by Gasteiger charge is -2.47. The van der Waals surface area contributed by atoms with Crippen molar-refractivity contribution in [3.8, 4) is 0 Å². The van der Waals surface area contributed by atoms with Crippen LogP contribution in [0.1, 0.15) is 139 Å². The number of rotatable bonds is 18. The van der Waals surface area contributed by atoms with E-state index in [1.54, 1.807) is 0 Å². The van der Waals surface area contributed by atoms with Gasteiger partial charge in [0, 0.05) is 155 Å². The second-order valence-electron chi connectivity index (χ2n) is 25.4. The Labute approximate surface area is 543 Å². The Morgan fingerprint density at radius 3 is 1.09 bits per heavy atom. The summed E-state index contributed by atoms with van der Waals surface area (Å²) in [7, 11) is -3.39. The van der Waals surface area contributed by atoms with Gasteiger partial charge < -0.3 is 43.2 Å². The number of nitrogens with one attached hydrogen (secondary N) is 1. The molecule has 14 rings (SSSR count). The van der Waals surface area contributed by atoms with Crippen molar-refractivity contribution in [1.82, 2.24) is 24.9 Å². The lowest BCUT2D eigenvalue weighted by molar-refractivity contribution is -0.189. The summed E-state index contributed by atoms with van der Waals surface area (Å²) in [6, 6.07) is 43.8. The fourth-order valence-corrected chi connectivity index (χ4v) is 14.4. The van der Waals surface area contributed by atoms with Crippen molar-refractivity contribution >= 4 is 21.7 Å². The monoisotopic (exact) mass is 1280 g/mol. The van der Waals surface area contributed by atoms with Gasteiger partial charge in [-0.25, -0.2) is 0 Å². The molecular formula is C72H105N5O13S. The molecule has 0 atom stereocenters. The van der Waals surface area contributed by atoms with Crippen molar-refractivity contribution in [2.75, 3.05) is 125 Å². The molecule has 0 radical (unpaired) electrons. The number of nitrogens with zero attached hydrogens (tertiary/aromatic N) is 4. The third-order valence-corrected chi connectivity index (χ3v) is 19.4. The second-order valence-corrected chi connectivity index (χ2v) is 27.0. The van der Waals surface area contributed by atoms with E-state index in [0.717, 1.165) is 156 Å². The zero-order chi connectivity index (χ0) is 63.9. The standard InChI is InChI=1S/C18H21NO.C17H19NO3S.C13H23NO3.C11H19NO2.C8H12O3.C5H11NO/c1-2-20-17-13-19(14-17)18(15-9-5-3-6-10-15)16-11-7-4-8-12-16;1-22(19,20)21-16-12-18(13-16)17(14-8-4-2-5-9-14)15-10-6-3-7-11-15;1-2-15-12-9-14(10-12)11-3-5-13(6-4-11)16-7-8-17-13;1-2-14-11-7-12(8-11)9-3-5-10(13)6-4-9;9-7-1-3-8(4-2-7)10-5-6-11-8;1-2-7-5-3-6-4-5/h3-12,17-18H,2,13-14H2,1H3;2-11,16-17H,12-13H2,1H3;11-12H,2-10H2,1H3;9,11H,2-8H2,1H3;1-6H2;5-6H,2-4H2,1H3. The Hall–Kier alpha value is -4.39. The molecule has 2 spiro atoms. The fraction of sp³-hybridized carbons (Fsp3) is 0.639. The molecule has 19 heteroatoms. The summed E-state index contributed by atoms with van der Waals surface area (Å²) in [5, 5.41) is 3.12. The number of benzene rings is 4.